The zero-order chi connectivity index (χ0) is 20.8. The summed E-state index contributed by atoms with van der Waals surface area (Å²) in [6.07, 6.45) is 3.57. The molecule has 0 aromatic heterocycles. The first kappa shape index (κ1) is 20.8. The summed E-state index contributed by atoms with van der Waals surface area (Å²) < 4.78 is 24.5. The number of anilines is 1. The predicted octanol–water partition coefficient (Wildman–Crippen LogP) is 3.99. The summed E-state index contributed by atoms with van der Waals surface area (Å²) in [5.41, 5.74) is 1.05. The molecule has 2 aliphatic rings. The summed E-state index contributed by atoms with van der Waals surface area (Å²) in [7, 11) is 0. The molecule has 6 heteroatoms. The second kappa shape index (κ2) is 9.58. The van der Waals surface area contributed by atoms with Gasteiger partial charge in [-0.3, -0.25) is 9.69 Å². The van der Waals surface area contributed by atoms with Crippen LogP contribution in [0.25, 0.3) is 0 Å². The van der Waals surface area contributed by atoms with Gasteiger partial charge in [0.2, 0.25) is 5.91 Å². The number of benzene rings is 2. The molecule has 2 aromatic rings. The molecule has 1 aliphatic carbocycles. The second-order valence-electron chi connectivity index (χ2n) is 8.08. The van der Waals surface area contributed by atoms with Gasteiger partial charge in [0.05, 0.1) is 18.6 Å². The van der Waals surface area contributed by atoms with Crippen molar-refractivity contribution in [3.05, 3.63) is 59.9 Å². The van der Waals surface area contributed by atoms with Crippen molar-refractivity contribution in [2.45, 2.75) is 31.1 Å². The van der Waals surface area contributed by atoms with E-state index < -0.39 is 5.41 Å². The van der Waals surface area contributed by atoms with Gasteiger partial charge in [-0.2, -0.15) is 0 Å². The van der Waals surface area contributed by atoms with E-state index in [9.17, 15) is 9.18 Å². The molecule has 160 valence electrons. The molecule has 0 unspecified atom stereocenters. The molecule has 1 saturated carbocycles. The molecule has 0 bridgehead atoms. The van der Waals surface area contributed by atoms with Crippen LogP contribution in [0.3, 0.4) is 0 Å². The van der Waals surface area contributed by atoms with Crippen molar-refractivity contribution < 1.29 is 18.7 Å². The molecular formula is C24H29FN2O3. The fourth-order valence-corrected chi connectivity index (χ4v) is 4.40. The van der Waals surface area contributed by atoms with Crippen LogP contribution in [0.5, 0.6) is 5.75 Å². The lowest BCUT2D eigenvalue weighted by molar-refractivity contribution is -0.121. The highest BCUT2D eigenvalue weighted by Crippen LogP contribution is 2.42. The molecule has 2 aromatic carbocycles. The molecule has 30 heavy (non-hydrogen) atoms. The summed E-state index contributed by atoms with van der Waals surface area (Å²) in [6, 6.07) is 13.9. The van der Waals surface area contributed by atoms with Crippen LogP contribution in [0.1, 0.15) is 31.2 Å². The van der Waals surface area contributed by atoms with E-state index in [1.165, 1.54) is 12.1 Å². The number of carbonyl (C=O) groups is 1. The molecule has 1 amide bonds. The van der Waals surface area contributed by atoms with Gasteiger partial charge in [-0.15, -0.1) is 0 Å². The van der Waals surface area contributed by atoms with Crippen molar-refractivity contribution >= 4 is 11.6 Å². The average Bonchev–Trinajstić information content (AvgIpc) is 3.28. The van der Waals surface area contributed by atoms with E-state index >= 15 is 0 Å². The summed E-state index contributed by atoms with van der Waals surface area (Å²) in [6.45, 7) is 4.97. The molecular weight excluding hydrogens is 383 g/mol. The van der Waals surface area contributed by atoms with Crippen LogP contribution < -0.4 is 10.1 Å². The predicted molar refractivity (Wildman–Crippen MR) is 114 cm³/mol. The number of hydrogen-bond acceptors (Lipinski definition) is 4. The Bertz CT molecular complexity index is 827. The maximum absolute atomic E-state index is 13.4. The van der Waals surface area contributed by atoms with Crippen LogP contribution in [0.4, 0.5) is 10.1 Å². The molecule has 1 N–H and O–H groups in total. The lowest BCUT2D eigenvalue weighted by Crippen LogP contribution is -2.38. The first-order valence-electron chi connectivity index (χ1n) is 10.8. The maximum Gasteiger partial charge on any atom is 0.235 e. The van der Waals surface area contributed by atoms with Crippen molar-refractivity contribution in [3.8, 4) is 5.75 Å². The Labute approximate surface area is 177 Å². The van der Waals surface area contributed by atoms with E-state index in [1.807, 2.05) is 24.3 Å². The Morgan fingerprint density at radius 1 is 1.03 bits per heavy atom. The Hall–Kier alpha value is -2.44. The highest BCUT2D eigenvalue weighted by atomic mass is 19.1. The van der Waals surface area contributed by atoms with Crippen LogP contribution in [0.15, 0.2) is 48.5 Å². The van der Waals surface area contributed by atoms with E-state index in [1.54, 1.807) is 12.1 Å². The minimum atomic E-state index is -0.582. The number of nitrogens with zero attached hydrogens (tertiary/aromatic N) is 1. The number of halogens is 1. The minimum Gasteiger partial charge on any atom is -0.492 e. The van der Waals surface area contributed by atoms with Crippen molar-refractivity contribution in [2.24, 2.45) is 0 Å². The largest absolute Gasteiger partial charge is 0.492 e. The Morgan fingerprint density at radius 2 is 1.70 bits per heavy atom. The standard InChI is InChI=1S/C24H29FN2O3/c25-20-5-3-19(4-6-20)24(11-1-2-12-24)23(28)26-21-7-9-22(10-8-21)30-18-15-27-13-16-29-17-14-27/h3-10H,1-2,11-18H2,(H,26,28). The van der Waals surface area contributed by atoms with Gasteiger partial charge in [-0.05, 0) is 54.8 Å². The number of ether oxygens (including phenoxy) is 2. The van der Waals surface area contributed by atoms with E-state index in [0.29, 0.717) is 6.61 Å². The lowest BCUT2D eigenvalue weighted by atomic mass is 9.78. The van der Waals surface area contributed by atoms with Gasteiger partial charge >= 0.3 is 0 Å². The highest BCUT2D eigenvalue weighted by molar-refractivity contribution is 5.99. The van der Waals surface area contributed by atoms with E-state index in [0.717, 1.165) is 75.5 Å². The topological polar surface area (TPSA) is 50.8 Å². The van der Waals surface area contributed by atoms with Crippen molar-refractivity contribution in [2.75, 3.05) is 44.8 Å². The van der Waals surface area contributed by atoms with Gasteiger partial charge in [0, 0.05) is 25.3 Å². The summed E-state index contributed by atoms with van der Waals surface area (Å²) in [5.74, 6) is 0.486. The molecule has 0 radical (unpaired) electrons. The molecule has 5 nitrogen and oxygen atoms in total. The van der Waals surface area contributed by atoms with Gasteiger partial charge < -0.3 is 14.8 Å². The summed E-state index contributed by atoms with van der Waals surface area (Å²) in [5, 5.41) is 3.06. The number of morpholine rings is 1. The fraction of sp³-hybridized carbons (Fsp3) is 0.458. The van der Waals surface area contributed by atoms with Gasteiger partial charge in [0.15, 0.2) is 0 Å². The number of hydrogen-bond donors (Lipinski definition) is 1. The summed E-state index contributed by atoms with van der Waals surface area (Å²) in [4.78, 5) is 15.5. The van der Waals surface area contributed by atoms with E-state index in [4.69, 9.17) is 9.47 Å². The highest BCUT2D eigenvalue weighted by Gasteiger charge is 2.42. The normalized spacial score (nSPS) is 18.8. The second-order valence-corrected chi connectivity index (χ2v) is 8.08. The van der Waals surface area contributed by atoms with Crippen molar-refractivity contribution in [1.82, 2.24) is 4.90 Å². The Morgan fingerprint density at radius 3 is 2.37 bits per heavy atom. The maximum atomic E-state index is 13.4. The van der Waals surface area contributed by atoms with Crippen LogP contribution in [0, 0.1) is 5.82 Å². The third kappa shape index (κ3) is 4.82. The quantitative estimate of drug-likeness (QED) is 0.747. The van der Waals surface area contributed by atoms with Crippen molar-refractivity contribution in [3.63, 3.8) is 0 Å². The fourth-order valence-electron chi connectivity index (χ4n) is 4.40. The van der Waals surface area contributed by atoms with Crippen LogP contribution in [0.2, 0.25) is 0 Å². The zero-order valence-corrected chi connectivity index (χ0v) is 17.2. The zero-order valence-electron chi connectivity index (χ0n) is 17.2. The molecule has 0 spiro atoms. The van der Waals surface area contributed by atoms with E-state index in [2.05, 4.69) is 10.2 Å². The van der Waals surface area contributed by atoms with Crippen LogP contribution in [-0.4, -0.2) is 50.3 Å². The molecule has 2 fully saturated rings. The van der Waals surface area contributed by atoms with Crippen LogP contribution in [-0.2, 0) is 14.9 Å². The molecule has 4 rings (SSSR count). The average molecular weight is 413 g/mol. The van der Waals surface area contributed by atoms with E-state index in [-0.39, 0.29) is 11.7 Å². The van der Waals surface area contributed by atoms with Gasteiger partial charge in [-0.1, -0.05) is 25.0 Å². The molecule has 1 heterocycles. The molecule has 1 aliphatic heterocycles. The third-order valence-electron chi connectivity index (χ3n) is 6.18. The van der Waals surface area contributed by atoms with Gasteiger partial charge in [0.25, 0.3) is 0 Å². The SMILES string of the molecule is O=C(Nc1ccc(OCCN2CCOCC2)cc1)C1(c2ccc(F)cc2)CCCC1. The molecule has 1 saturated heterocycles. The first-order chi connectivity index (χ1) is 14.7. The monoisotopic (exact) mass is 412 g/mol. The Kier molecular flexibility index (Phi) is 6.65. The number of nitrogens with one attached hydrogen (secondary N) is 1. The number of amides is 1. The lowest BCUT2D eigenvalue weighted by Gasteiger charge is -2.28. The smallest absolute Gasteiger partial charge is 0.235 e. The number of rotatable bonds is 7. The van der Waals surface area contributed by atoms with Gasteiger partial charge in [0.1, 0.15) is 18.2 Å². The van der Waals surface area contributed by atoms with Crippen LogP contribution >= 0.6 is 0 Å². The third-order valence-corrected chi connectivity index (χ3v) is 6.18. The summed E-state index contributed by atoms with van der Waals surface area (Å²) >= 11 is 0. The first-order valence-corrected chi connectivity index (χ1v) is 10.8. The number of carbonyl (C=O) groups excluding carboxylic acids is 1. The van der Waals surface area contributed by atoms with Crippen molar-refractivity contribution in [1.29, 1.82) is 0 Å². The minimum absolute atomic E-state index is 0.0207. The Balaban J connectivity index is 1.34. The molecule has 0 atom stereocenters. The van der Waals surface area contributed by atoms with Gasteiger partial charge in [-0.25, -0.2) is 4.39 Å².